The van der Waals surface area contributed by atoms with Crippen LogP contribution in [0.5, 0.6) is 0 Å². The number of rotatable bonds is 5. The number of likely N-dealkylation sites (N-methyl/N-ethyl adjacent to an activating group) is 1. The second-order valence-electron chi connectivity index (χ2n) is 8.29. The van der Waals surface area contributed by atoms with Gasteiger partial charge in [0.05, 0.1) is 16.4 Å². The highest BCUT2D eigenvalue weighted by molar-refractivity contribution is 7.16. The number of nitrogens with zero attached hydrogens (tertiary/aromatic N) is 4. The van der Waals surface area contributed by atoms with Crippen molar-refractivity contribution in [3.8, 4) is 0 Å². The van der Waals surface area contributed by atoms with Crippen LogP contribution in [0.4, 0.5) is 29.5 Å². The molecule has 2 aromatic rings. The summed E-state index contributed by atoms with van der Waals surface area (Å²) in [7, 11) is 3.81. The SMILES string of the molecule is COCC[C@H]1CN(C2=Nc3cccc(C)c3Nc3sc(CCC(F)(F)F)nc32)CCN1C. The Balaban J connectivity index is 1.70. The topological polar surface area (TPSA) is 53.0 Å². The van der Waals surface area contributed by atoms with Gasteiger partial charge in [-0.05, 0) is 32.0 Å². The van der Waals surface area contributed by atoms with Gasteiger partial charge in [-0.25, -0.2) is 9.98 Å². The van der Waals surface area contributed by atoms with Gasteiger partial charge in [0.1, 0.15) is 10.7 Å². The summed E-state index contributed by atoms with van der Waals surface area (Å²) in [6, 6.07) is 6.21. The fourth-order valence-corrected chi connectivity index (χ4v) is 5.03. The number of thiazole rings is 1. The number of alkyl halides is 3. The fourth-order valence-electron chi connectivity index (χ4n) is 4.07. The molecule has 0 unspecified atom stereocenters. The normalized spacial score (nSPS) is 19.1. The molecule has 0 aliphatic carbocycles. The first-order valence-corrected chi connectivity index (χ1v) is 11.5. The standard InChI is InChI=1S/C22H28F3N5OS/c1-14-5-4-6-16-18(14)28-21-19(27-17(32-21)7-9-22(23,24)25)20(26-16)30-11-10-29(2)15(13-30)8-12-31-3/h4-6,15,28H,7-13H2,1-3H3/t15-/m0/s1. The third-order valence-electron chi connectivity index (χ3n) is 5.95. The largest absolute Gasteiger partial charge is 0.389 e. The molecule has 6 nitrogen and oxygen atoms in total. The zero-order valence-electron chi connectivity index (χ0n) is 18.5. The van der Waals surface area contributed by atoms with Crippen molar-refractivity contribution in [3.05, 3.63) is 34.5 Å². The molecule has 2 aliphatic rings. The number of anilines is 2. The van der Waals surface area contributed by atoms with E-state index in [1.54, 1.807) is 7.11 Å². The Kier molecular flexibility index (Phi) is 6.73. The molecule has 0 spiro atoms. The van der Waals surface area contributed by atoms with Crippen LogP contribution in [0.3, 0.4) is 0 Å². The van der Waals surface area contributed by atoms with Crippen LogP contribution in [0.25, 0.3) is 0 Å². The predicted octanol–water partition coefficient (Wildman–Crippen LogP) is 4.73. The number of nitrogens with one attached hydrogen (secondary N) is 1. The molecule has 3 heterocycles. The van der Waals surface area contributed by atoms with E-state index in [2.05, 4.69) is 27.1 Å². The van der Waals surface area contributed by atoms with E-state index in [-0.39, 0.29) is 6.42 Å². The summed E-state index contributed by atoms with van der Waals surface area (Å²) in [5.74, 6) is 0.724. The maximum absolute atomic E-state index is 12.8. The van der Waals surface area contributed by atoms with Crippen LogP contribution < -0.4 is 5.32 Å². The number of ether oxygens (including phenoxy) is 1. The Morgan fingerprint density at radius 3 is 2.84 bits per heavy atom. The number of para-hydroxylation sites is 1. The Labute approximate surface area is 190 Å². The monoisotopic (exact) mass is 467 g/mol. The van der Waals surface area contributed by atoms with E-state index in [0.29, 0.717) is 23.4 Å². The molecule has 1 aromatic heterocycles. The molecule has 32 heavy (non-hydrogen) atoms. The highest BCUT2D eigenvalue weighted by Crippen LogP contribution is 2.40. The third-order valence-corrected chi connectivity index (χ3v) is 6.98. The number of hydrogen-bond donors (Lipinski definition) is 1. The number of benzene rings is 1. The van der Waals surface area contributed by atoms with Crippen molar-refractivity contribution in [3.63, 3.8) is 0 Å². The molecule has 0 amide bonds. The van der Waals surface area contributed by atoms with Crippen molar-refractivity contribution in [1.29, 1.82) is 0 Å². The van der Waals surface area contributed by atoms with Crippen LogP contribution in [-0.4, -0.2) is 73.2 Å². The first-order valence-electron chi connectivity index (χ1n) is 10.7. The van der Waals surface area contributed by atoms with E-state index in [4.69, 9.17) is 9.73 Å². The summed E-state index contributed by atoms with van der Waals surface area (Å²) in [6.45, 7) is 5.06. The Morgan fingerprint density at radius 2 is 2.09 bits per heavy atom. The van der Waals surface area contributed by atoms with Crippen LogP contribution in [0.1, 0.15) is 29.1 Å². The Bertz CT molecular complexity index is 990. The molecule has 1 fully saturated rings. The zero-order valence-corrected chi connectivity index (χ0v) is 19.3. The second-order valence-corrected chi connectivity index (χ2v) is 9.38. The quantitative estimate of drug-likeness (QED) is 0.689. The van der Waals surface area contributed by atoms with Crippen LogP contribution in [0.15, 0.2) is 23.2 Å². The molecule has 1 atom stereocenters. The molecule has 2 aliphatic heterocycles. The third kappa shape index (κ3) is 5.07. The summed E-state index contributed by atoms with van der Waals surface area (Å²) in [5.41, 5.74) is 3.35. The number of amidine groups is 1. The molecular formula is C22H28F3N5OS. The Morgan fingerprint density at radius 1 is 1.28 bits per heavy atom. The van der Waals surface area contributed by atoms with Crippen molar-refractivity contribution in [2.75, 3.05) is 45.7 Å². The van der Waals surface area contributed by atoms with Crippen LogP contribution in [0, 0.1) is 6.92 Å². The van der Waals surface area contributed by atoms with Gasteiger partial charge in [-0.3, -0.25) is 4.90 Å². The van der Waals surface area contributed by atoms with Crippen LogP contribution in [0.2, 0.25) is 0 Å². The van der Waals surface area contributed by atoms with Crippen LogP contribution in [-0.2, 0) is 11.2 Å². The van der Waals surface area contributed by atoms with Crippen molar-refractivity contribution < 1.29 is 17.9 Å². The molecule has 174 valence electrons. The number of hydrogen-bond acceptors (Lipinski definition) is 7. The summed E-state index contributed by atoms with van der Waals surface area (Å²) in [4.78, 5) is 14.1. The van der Waals surface area contributed by atoms with E-state index in [1.807, 2.05) is 25.1 Å². The van der Waals surface area contributed by atoms with Gasteiger partial charge in [0.15, 0.2) is 5.84 Å². The number of methoxy groups -OCH3 is 1. The molecule has 0 bridgehead atoms. The number of fused-ring (bicyclic) bond motifs is 2. The van der Waals surface area contributed by atoms with Gasteiger partial charge in [-0.1, -0.05) is 12.1 Å². The minimum absolute atomic E-state index is 0.129. The van der Waals surface area contributed by atoms with Gasteiger partial charge in [-0.15, -0.1) is 11.3 Å². The molecule has 10 heteroatoms. The molecule has 1 aromatic carbocycles. The first-order chi connectivity index (χ1) is 15.2. The minimum Gasteiger partial charge on any atom is -0.385 e. The molecule has 4 rings (SSSR count). The summed E-state index contributed by atoms with van der Waals surface area (Å²) in [6.07, 6.45) is -4.32. The lowest BCUT2D eigenvalue weighted by molar-refractivity contribution is -0.134. The lowest BCUT2D eigenvalue weighted by Gasteiger charge is -2.40. The van der Waals surface area contributed by atoms with Crippen LogP contribution >= 0.6 is 11.3 Å². The van der Waals surface area contributed by atoms with E-state index in [0.717, 1.165) is 53.8 Å². The van der Waals surface area contributed by atoms with E-state index in [9.17, 15) is 13.2 Å². The zero-order chi connectivity index (χ0) is 22.9. The maximum atomic E-state index is 12.8. The first kappa shape index (κ1) is 23.0. The molecule has 1 saturated heterocycles. The highest BCUT2D eigenvalue weighted by atomic mass is 32.1. The van der Waals surface area contributed by atoms with Gasteiger partial charge in [-0.2, -0.15) is 13.2 Å². The van der Waals surface area contributed by atoms with E-state index >= 15 is 0 Å². The average Bonchev–Trinajstić information content (AvgIpc) is 3.07. The lowest BCUT2D eigenvalue weighted by atomic mass is 10.1. The van der Waals surface area contributed by atoms with Crippen molar-refractivity contribution in [2.24, 2.45) is 4.99 Å². The predicted molar refractivity (Wildman–Crippen MR) is 122 cm³/mol. The van der Waals surface area contributed by atoms with Gasteiger partial charge >= 0.3 is 6.18 Å². The number of aryl methyl sites for hydroxylation is 2. The molecule has 0 saturated carbocycles. The number of piperazine rings is 1. The summed E-state index contributed by atoms with van der Waals surface area (Å²) >= 11 is 1.28. The highest BCUT2D eigenvalue weighted by Gasteiger charge is 2.32. The minimum atomic E-state index is -4.21. The summed E-state index contributed by atoms with van der Waals surface area (Å²) < 4.78 is 43.7. The van der Waals surface area contributed by atoms with Gasteiger partial charge in [0.2, 0.25) is 0 Å². The van der Waals surface area contributed by atoms with E-state index in [1.165, 1.54) is 11.3 Å². The number of halogens is 3. The van der Waals surface area contributed by atoms with Gasteiger partial charge < -0.3 is 15.0 Å². The average molecular weight is 468 g/mol. The smallest absolute Gasteiger partial charge is 0.385 e. The van der Waals surface area contributed by atoms with Crippen molar-refractivity contribution >= 4 is 33.5 Å². The lowest BCUT2D eigenvalue weighted by Crippen LogP contribution is -2.53. The fraction of sp³-hybridized carbons (Fsp3) is 0.545. The molecular weight excluding hydrogens is 439 g/mol. The second kappa shape index (κ2) is 9.36. The number of aromatic nitrogens is 1. The van der Waals surface area contributed by atoms with Crippen molar-refractivity contribution in [1.82, 2.24) is 14.8 Å². The van der Waals surface area contributed by atoms with Gasteiger partial charge in [0, 0.05) is 52.2 Å². The molecule has 0 radical (unpaired) electrons. The Hall–Kier alpha value is -2.17. The maximum Gasteiger partial charge on any atom is 0.389 e. The van der Waals surface area contributed by atoms with E-state index < -0.39 is 12.6 Å². The molecule has 1 N–H and O–H groups in total. The van der Waals surface area contributed by atoms with Gasteiger partial charge in [0.25, 0.3) is 0 Å². The van der Waals surface area contributed by atoms with Crippen molar-refractivity contribution in [2.45, 2.75) is 38.4 Å². The number of aliphatic imine (C=N–C) groups is 1. The summed E-state index contributed by atoms with van der Waals surface area (Å²) in [5, 5.41) is 4.63.